The van der Waals surface area contributed by atoms with Gasteiger partial charge in [-0.2, -0.15) is 0 Å². The fourth-order valence-corrected chi connectivity index (χ4v) is 3.18. The lowest BCUT2D eigenvalue weighted by atomic mass is 10.3. The Morgan fingerprint density at radius 3 is 3.04 bits per heavy atom. The van der Waals surface area contributed by atoms with Crippen molar-refractivity contribution in [2.75, 3.05) is 12.4 Å². The summed E-state index contributed by atoms with van der Waals surface area (Å²) in [5.74, 6) is -0.0966. The van der Waals surface area contributed by atoms with Crippen molar-refractivity contribution in [1.82, 2.24) is 19.4 Å². The molecule has 0 aliphatic rings. The fraction of sp³-hybridized carbons (Fsp3) is 0.0667. The molecule has 0 spiro atoms. The lowest BCUT2D eigenvalue weighted by Gasteiger charge is -1.99. The summed E-state index contributed by atoms with van der Waals surface area (Å²) >= 11 is 1.16. The van der Waals surface area contributed by atoms with Crippen LogP contribution in [-0.4, -0.2) is 32.4 Å². The second kappa shape index (κ2) is 5.53. The summed E-state index contributed by atoms with van der Waals surface area (Å²) in [4.78, 5) is 24.8. The number of fused-ring (bicyclic) bond motifs is 2. The summed E-state index contributed by atoms with van der Waals surface area (Å²) in [7, 11) is 1.44. The SMILES string of the molecule is COc1cc(F)cc2sc(NC(=O)c3cn4cccnc4n3)nc12. The first-order chi connectivity index (χ1) is 11.6. The van der Waals surface area contributed by atoms with Gasteiger partial charge in [0.15, 0.2) is 5.13 Å². The van der Waals surface area contributed by atoms with Gasteiger partial charge >= 0.3 is 0 Å². The molecule has 0 aliphatic heterocycles. The third-order valence-electron chi connectivity index (χ3n) is 3.33. The number of ether oxygens (including phenoxy) is 1. The van der Waals surface area contributed by atoms with Gasteiger partial charge in [-0.3, -0.25) is 14.5 Å². The fourth-order valence-electron chi connectivity index (χ4n) is 2.28. The van der Waals surface area contributed by atoms with Crippen LogP contribution in [0.25, 0.3) is 16.0 Å². The predicted octanol–water partition coefficient (Wildman–Crippen LogP) is 2.74. The number of benzene rings is 1. The molecule has 1 aromatic carbocycles. The highest BCUT2D eigenvalue weighted by molar-refractivity contribution is 7.22. The van der Waals surface area contributed by atoms with Crippen LogP contribution < -0.4 is 10.1 Å². The number of nitrogens with one attached hydrogen (secondary N) is 1. The van der Waals surface area contributed by atoms with Gasteiger partial charge in [0.05, 0.1) is 11.8 Å². The van der Waals surface area contributed by atoms with Crippen molar-refractivity contribution in [2.45, 2.75) is 0 Å². The Bertz CT molecular complexity index is 1040. The Morgan fingerprint density at radius 2 is 2.25 bits per heavy atom. The minimum atomic E-state index is -0.424. The molecule has 0 bridgehead atoms. The van der Waals surface area contributed by atoms with Crippen molar-refractivity contribution < 1.29 is 13.9 Å². The van der Waals surface area contributed by atoms with Gasteiger partial charge in [0, 0.05) is 24.7 Å². The zero-order valence-corrected chi connectivity index (χ0v) is 13.2. The molecular formula is C15H10FN5O2S. The zero-order valence-electron chi connectivity index (χ0n) is 12.4. The van der Waals surface area contributed by atoms with E-state index in [0.717, 1.165) is 11.3 Å². The summed E-state index contributed by atoms with van der Waals surface area (Å²) in [6, 6.07) is 4.34. The number of hydrogen-bond acceptors (Lipinski definition) is 6. The highest BCUT2D eigenvalue weighted by atomic mass is 32.1. The van der Waals surface area contributed by atoms with Crippen LogP contribution in [0.2, 0.25) is 0 Å². The van der Waals surface area contributed by atoms with Crippen molar-refractivity contribution in [1.29, 1.82) is 0 Å². The van der Waals surface area contributed by atoms with Gasteiger partial charge in [0.2, 0.25) is 5.78 Å². The molecule has 0 aliphatic carbocycles. The number of methoxy groups -OCH3 is 1. The van der Waals surface area contributed by atoms with E-state index in [9.17, 15) is 9.18 Å². The number of anilines is 1. The van der Waals surface area contributed by atoms with Crippen LogP contribution in [0.15, 0.2) is 36.8 Å². The van der Waals surface area contributed by atoms with Crippen LogP contribution in [0.5, 0.6) is 5.75 Å². The van der Waals surface area contributed by atoms with Crippen molar-refractivity contribution in [3.63, 3.8) is 0 Å². The number of carbonyl (C=O) groups is 1. The van der Waals surface area contributed by atoms with Gasteiger partial charge in [0.25, 0.3) is 5.91 Å². The number of halogens is 1. The summed E-state index contributed by atoms with van der Waals surface area (Å²) in [6.45, 7) is 0. The van der Waals surface area contributed by atoms with Gasteiger partial charge < -0.3 is 4.74 Å². The van der Waals surface area contributed by atoms with E-state index in [1.54, 1.807) is 29.1 Å². The number of hydrogen-bond donors (Lipinski definition) is 1. The van der Waals surface area contributed by atoms with E-state index in [-0.39, 0.29) is 5.69 Å². The lowest BCUT2D eigenvalue weighted by Crippen LogP contribution is -2.11. The number of amides is 1. The second-order valence-electron chi connectivity index (χ2n) is 4.88. The summed E-state index contributed by atoms with van der Waals surface area (Å²) in [5, 5.41) is 3.00. The van der Waals surface area contributed by atoms with Crippen molar-refractivity contribution in [3.05, 3.63) is 48.3 Å². The molecule has 4 aromatic rings. The molecule has 0 saturated heterocycles. The van der Waals surface area contributed by atoms with E-state index in [0.29, 0.717) is 26.9 Å². The normalized spacial score (nSPS) is 11.1. The molecule has 3 aromatic heterocycles. The van der Waals surface area contributed by atoms with Gasteiger partial charge in [-0.1, -0.05) is 11.3 Å². The summed E-state index contributed by atoms with van der Waals surface area (Å²) in [6.07, 6.45) is 4.92. The molecule has 4 rings (SSSR count). The van der Waals surface area contributed by atoms with Crippen molar-refractivity contribution >= 4 is 38.4 Å². The second-order valence-corrected chi connectivity index (χ2v) is 5.91. The molecule has 0 fully saturated rings. The first-order valence-corrected chi connectivity index (χ1v) is 7.71. The molecule has 120 valence electrons. The van der Waals surface area contributed by atoms with Gasteiger partial charge in [-0.15, -0.1) is 0 Å². The third-order valence-corrected chi connectivity index (χ3v) is 4.25. The van der Waals surface area contributed by atoms with E-state index in [1.165, 1.54) is 19.2 Å². The number of thiazole rings is 1. The van der Waals surface area contributed by atoms with Gasteiger partial charge in [-0.25, -0.2) is 19.3 Å². The number of carbonyl (C=O) groups excluding carboxylic acids is 1. The topological polar surface area (TPSA) is 81.4 Å². The molecule has 24 heavy (non-hydrogen) atoms. The van der Waals surface area contributed by atoms with Crippen LogP contribution in [0.4, 0.5) is 9.52 Å². The number of aromatic nitrogens is 4. The maximum Gasteiger partial charge on any atom is 0.277 e. The minimum absolute atomic E-state index is 0.214. The molecule has 0 saturated carbocycles. The molecule has 3 heterocycles. The van der Waals surface area contributed by atoms with Crippen LogP contribution in [-0.2, 0) is 0 Å². The van der Waals surface area contributed by atoms with E-state index in [2.05, 4.69) is 20.3 Å². The monoisotopic (exact) mass is 343 g/mol. The Hall–Kier alpha value is -3.07. The predicted molar refractivity (Wildman–Crippen MR) is 87.1 cm³/mol. The molecular weight excluding hydrogens is 333 g/mol. The maximum atomic E-state index is 13.5. The van der Waals surface area contributed by atoms with Crippen LogP contribution in [0.3, 0.4) is 0 Å². The first kappa shape index (κ1) is 14.5. The van der Waals surface area contributed by atoms with Gasteiger partial charge in [0.1, 0.15) is 22.8 Å². The summed E-state index contributed by atoms with van der Waals surface area (Å²) < 4.78 is 20.9. The van der Waals surface area contributed by atoms with Crippen LogP contribution in [0, 0.1) is 5.82 Å². The first-order valence-electron chi connectivity index (χ1n) is 6.89. The number of nitrogens with zero attached hydrogens (tertiary/aromatic N) is 4. The Morgan fingerprint density at radius 1 is 1.38 bits per heavy atom. The zero-order chi connectivity index (χ0) is 16.7. The lowest BCUT2D eigenvalue weighted by molar-refractivity contribution is 0.102. The molecule has 0 unspecified atom stereocenters. The summed E-state index contributed by atoms with van der Waals surface area (Å²) in [5.41, 5.74) is 0.710. The van der Waals surface area contributed by atoms with E-state index < -0.39 is 11.7 Å². The number of imidazole rings is 1. The molecule has 9 heteroatoms. The largest absolute Gasteiger partial charge is 0.494 e. The van der Waals surface area contributed by atoms with Crippen molar-refractivity contribution in [2.24, 2.45) is 0 Å². The smallest absolute Gasteiger partial charge is 0.277 e. The highest BCUT2D eigenvalue weighted by Gasteiger charge is 2.16. The maximum absolute atomic E-state index is 13.5. The molecule has 1 amide bonds. The Labute approximate surface area is 138 Å². The Balaban J connectivity index is 1.67. The molecule has 7 nitrogen and oxygen atoms in total. The highest BCUT2D eigenvalue weighted by Crippen LogP contribution is 2.33. The van der Waals surface area contributed by atoms with E-state index in [1.807, 2.05) is 0 Å². The quantitative estimate of drug-likeness (QED) is 0.618. The van der Waals surface area contributed by atoms with Crippen molar-refractivity contribution in [3.8, 4) is 5.75 Å². The molecule has 0 atom stereocenters. The van der Waals surface area contributed by atoms with Gasteiger partial charge in [-0.05, 0) is 12.1 Å². The molecule has 0 radical (unpaired) electrons. The Kier molecular flexibility index (Phi) is 3.35. The standard InChI is InChI=1S/C15H10FN5O2S/c1-23-10-5-8(16)6-11-12(10)19-15(24-11)20-13(22)9-7-21-4-2-3-17-14(21)18-9/h2-7H,1H3,(H,19,20,22). The average molecular weight is 343 g/mol. The molecule has 1 N–H and O–H groups in total. The average Bonchev–Trinajstić information content (AvgIpc) is 3.17. The van der Waals surface area contributed by atoms with Crippen LogP contribution in [0.1, 0.15) is 10.5 Å². The number of rotatable bonds is 3. The van der Waals surface area contributed by atoms with E-state index >= 15 is 0 Å². The van der Waals surface area contributed by atoms with E-state index in [4.69, 9.17) is 4.74 Å². The minimum Gasteiger partial charge on any atom is -0.494 e. The third kappa shape index (κ3) is 2.44. The van der Waals surface area contributed by atoms with Crippen LogP contribution >= 0.6 is 11.3 Å².